The summed E-state index contributed by atoms with van der Waals surface area (Å²) in [5.41, 5.74) is 2.69. The lowest BCUT2D eigenvalue weighted by Gasteiger charge is -2.10. The van der Waals surface area contributed by atoms with Gasteiger partial charge in [-0.15, -0.1) is 0 Å². The van der Waals surface area contributed by atoms with Crippen molar-refractivity contribution in [2.75, 3.05) is 11.9 Å². The molecular weight excluding hydrogens is 356 g/mol. The number of benzene rings is 2. The zero-order chi connectivity index (χ0) is 15.2. The van der Waals surface area contributed by atoms with Gasteiger partial charge in [-0.2, -0.15) is 0 Å². The summed E-state index contributed by atoms with van der Waals surface area (Å²) in [5, 5.41) is 6.50. The van der Waals surface area contributed by atoms with Gasteiger partial charge in [0.05, 0.1) is 11.8 Å². The number of hydrogen-bond acceptors (Lipinski definition) is 1. The number of thioether (sulfide) groups is 1. The molecule has 22 heavy (non-hydrogen) atoms. The van der Waals surface area contributed by atoms with E-state index in [1.165, 1.54) is 16.3 Å². The Hall–Kier alpha value is -1.26. The summed E-state index contributed by atoms with van der Waals surface area (Å²) in [7, 11) is 0. The Kier molecular flexibility index (Phi) is 5.57. The molecule has 0 saturated carbocycles. The van der Waals surface area contributed by atoms with E-state index >= 15 is 0 Å². The molecule has 2 aromatic rings. The second-order valence-electron chi connectivity index (χ2n) is 5.41. The van der Waals surface area contributed by atoms with Crippen LogP contribution < -0.4 is 5.32 Å². The Morgan fingerprint density at radius 3 is 1.95 bits per heavy atom. The van der Waals surface area contributed by atoms with Gasteiger partial charge in [-0.1, -0.05) is 76.6 Å². The summed E-state index contributed by atoms with van der Waals surface area (Å²) in [5.74, 6) is 0. The fourth-order valence-electron chi connectivity index (χ4n) is 2.52. The lowest BCUT2D eigenvalue weighted by Crippen LogP contribution is -2.27. The molecule has 0 spiro atoms. The Bertz CT molecular complexity index is 585. The highest BCUT2D eigenvalue weighted by atomic mass is 79.9. The van der Waals surface area contributed by atoms with Crippen molar-refractivity contribution in [2.45, 2.75) is 18.3 Å². The molecule has 0 amide bonds. The van der Waals surface area contributed by atoms with Gasteiger partial charge in [-0.3, -0.25) is 5.32 Å². The first-order chi connectivity index (χ1) is 10.8. The summed E-state index contributed by atoms with van der Waals surface area (Å²) in [4.78, 5) is 0. The fourth-order valence-corrected chi connectivity index (χ4v) is 4.14. The fraction of sp³-hybridized carbons (Fsp3) is 0.278. The predicted molar refractivity (Wildman–Crippen MR) is 98.7 cm³/mol. The highest BCUT2D eigenvalue weighted by Crippen LogP contribution is 2.21. The summed E-state index contributed by atoms with van der Waals surface area (Å²) in [6.07, 6.45) is 0. The third kappa shape index (κ3) is 4.14. The van der Waals surface area contributed by atoms with Crippen LogP contribution in [-0.4, -0.2) is 26.9 Å². The Balaban J connectivity index is 1.84. The summed E-state index contributed by atoms with van der Waals surface area (Å²) < 4.78 is 2.44. The number of amidine groups is 1. The van der Waals surface area contributed by atoms with Crippen LogP contribution in [0.25, 0.3) is 0 Å². The third-order valence-electron chi connectivity index (χ3n) is 3.65. The average molecular weight is 376 g/mol. The van der Waals surface area contributed by atoms with Gasteiger partial charge in [0.15, 0.2) is 0 Å². The summed E-state index contributed by atoms with van der Waals surface area (Å²) >= 11 is 5.54. The average Bonchev–Trinajstić information content (AvgIpc) is 3.05. The van der Waals surface area contributed by atoms with Crippen LogP contribution in [0.2, 0.25) is 0 Å². The molecule has 114 valence electrons. The third-order valence-corrected chi connectivity index (χ3v) is 6.15. The second-order valence-corrected chi connectivity index (χ2v) is 7.34. The molecule has 1 aliphatic heterocycles. The van der Waals surface area contributed by atoms with Crippen molar-refractivity contribution in [1.82, 2.24) is 5.32 Å². The zero-order valence-corrected chi connectivity index (χ0v) is 14.8. The maximum Gasteiger partial charge on any atom is 0.307 e. The molecule has 1 N–H and O–H groups in total. The van der Waals surface area contributed by atoms with Crippen LogP contribution >= 0.6 is 27.7 Å². The molecule has 1 heterocycles. The van der Waals surface area contributed by atoms with Crippen molar-refractivity contribution in [2.24, 2.45) is 0 Å². The van der Waals surface area contributed by atoms with Crippen molar-refractivity contribution >= 4 is 32.9 Å². The lowest BCUT2D eigenvalue weighted by molar-refractivity contribution is -0.559. The first-order valence-electron chi connectivity index (χ1n) is 7.51. The minimum Gasteiger partial charge on any atom is -0.268 e. The zero-order valence-electron chi connectivity index (χ0n) is 12.4. The molecule has 0 aromatic heterocycles. The van der Waals surface area contributed by atoms with Gasteiger partial charge in [0.1, 0.15) is 13.1 Å². The summed E-state index contributed by atoms with van der Waals surface area (Å²) in [6.45, 7) is 2.89. The standard InChI is InChI=1S/C18H19BrN2S/c19-11-17-12-20-18(22-17)21(13-15-7-3-1-4-8-15)14-16-9-5-2-6-10-16/h1-10,17H,11-14H2/p+1/t17-/m1/s1. The molecule has 1 aliphatic rings. The number of alkyl halides is 1. The van der Waals surface area contributed by atoms with Crippen LogP contribution in [0.1, 0.15) is 11.1 Å². The van der Waals surface area contributed by atoms with Crippen molar-refractivity contribution < 1.29 is 4.58 Å². The Labute approximate surface area is 144 Å². The van der Waals surface area contributed by atoms with Crippen molar-refractivity contribution in [1.29, 1.82) is 0 Å². The van der Waals surface area contributed by atoms with Gasteiger partial charge in [0.2, 0.25) is 0 Å². The second kappa shape index (κ2) is 7.84. The molecule has 0 bridgehead atoms. The number of nitrogens with zero attached hydrogens (tertiary/aromatic N) is 1. The highest BCUT2D eigenvalue weighted by molar-refractivity contribution is 9.09. The monoisotopic (exact) mass is 375 g/mol. The molecule has 4 heteroatoms. The molecule has 1 atom stereocenters. The number of nitrogens with one attached hydrogen (secondary N) is 1. The molecule has 1 saturated heterocycles. The largest absolute Gasteiger partial charge is 0.307 e. The molecule has 2 aromatic carbocycles. The van der Waals surface area contributed by atoms with Gasteiger partial charge < -0.3 is 0 Å². The predicted octanol–water partition coefficient (Wildman–Crippen LogP) is 3.86. The quantitative estimate of drug-likeness (QED) is 0.630. The maximum atomic E-state index is 3.59. The molecule has 3 rings (SSSR count). The van der Waals surface area contributed by atoms with Crippen molar-refractivity contribution in [3.05, 3.63) is 71.8 Å². The lowest BCUT2D eigenvalue weighted by atomic mass is 10.2. The van der Waals surface area contributed by atoms with Crippen LogP contribution in [0, 0.1) is 0 Å². The van der Waals surface area contributed by atoms with Gasteiger partial charge in [-0.05, 0) is 22.9 Å². The van der Waals surface area contributed by atoms with E-state index in [4.69, 9.17) is 0 Å². The van der Waals surface area contributed by atoms with E-state index in [0.29, 0.717) is 5.25 Å². The van der Waals surface area contributed by atoms with Crippen molar-refractivity contribution in [3.63, 3.8) is 0 Å². The topological polar surface area (TPSA) is 15.0 Å². The van der Waals surface area contributed by atoms with E-state index in [2.05, 4.69) is 86.5 Å². The first kappa shape index (κ1) is 15.6. The molecule has 0 aliphatic carbocycles. The van der Waals surface area contributed by atoms with E-state index < -0.39 is 0 Å². The molecule has 0 radical (unpaired) electrons. The van der Waals surface area contributed by atoms with Crippen molar-refractivity contribution in [3.8, 4) is 0 Å². The van der Waals surface area contributed by atoms with E-state index in [1.54, 1.807) is 0 Å². The normalized spacial score (nSPS) is 17.3. The van der Waals surface area contributed by atoms with E-state index in [-0.39, 0.29) is 0 Å². The number of hydrogen-bond donors (Lipinski definition) is 1. The maximum absolute atomic E-state index is 3.59. The first-order valence-corrected chi connectivity index (χ1v) is 9.51. The van der Waals surface area contributed by atoms with Crippen LogP contribution in [0.15, 0.2) is 60.7 Å². The molecule has 0 unspecified atom stereocenters. The van der Waals surface area contributed by atoms with Crippen LogP contribution in [0.5, 0.6) is 0 Å². The molecule has 2 nitrogen and oxygen atoms in total. The number of halogens is 1. The highest BCUT2D eigenvalue weighted by Gasteiger charge is 2.28. The van der Waals surface area contributed by atoms with E-state index in [9.17, 15) is 0 Å². The van der Waals surface area contributed by atoms with Gasteiger partial charge in [0.25, 0.3) is 0 Å². The van der Waals surface area contributed by atoms with Gasteiger partial charge in [0, 0.05) is 5.33 Å². The van der Waals surface area contributed by atoms with Crippen LogP contribution in [-0.2, 0) is 13.1 Å². The SMILES string of the molecule is BrC[C@@H]1CNC(=[N+](Cc2ccccc2)Cc2ccccc2)S1. The molecular formula is C18H20BrN2S+. The number of rotatable bonds is 5. The van der Waals surface area contributed by atoms with Crippen LogP contribution in [0.3, 0.4) is 0 Å². The minimum atomic E-state index is 0.615. The minimum absolute atomic E-state index is 0.615. The van der Waals surface area contributed by atoms with Gasteiger partial charge >= 0.3 is 5.17 Å². The molecule has 1 fully saturated rings. The van der Waals surface area contributed by atoms with Gasteiger partial charge in [-0.25, -0.2) is 4.58 Å². The summed E-state index contributed by atoms with van der Waals surface area (Å²) in [6, 6.07) is 21.4. The van der Waals surface area contributed by atoms with E-state index in [1.807, 2.05) is 11.8 Å². The Morgan fingerprint density at radius 1 is 0.955 bits per heavy atom. The van der Waals surface area contributed by atoms with Crippen LogP contribution in [0.4, 0.5) is 0 Å². The Morgan fingerprint density at radius 2 is 1.50 bits per heavy atom. The van der Waals surface area contributed by atoms with E-state index in [0.717, 1.165) is 25.0 Å². The smallest absolute Gasteiger partial charge is 0.268 e.